The molecule has 0 radical (unpaired) electrons. The van der Waals surface area contributed by atoms with Crippen molar-refractivity contribution in [3.8, 4) is 11.5 Å². The number of carbonyl (C=O) groups excluding carboxylic acids is 1. The van der Waals surface area contributed by atoms with Gasteiger partial charge in [0.25, 0.3) is 5.91 Å². The minimum atomic E-state index is -0.0808. The molecule has 27 heavy (non-hydrogen) atoms. The number of amides is 1. The molecule has 0 fully saturated rings. The van der Waals surface area contributed by atoms with Crippen molar-refractivity contribution in [2.45, 2.75) is 59.1 Å². The van der Waals surface area contributed by atoms with Gasteiger partial charge in [-0.2, -0.15) is 0 Å². The molecule has 0 bridgehead atoms. The van der Waals surface area contributed by atoms with Crippen LogP contribution in [-0.4, -0.2) is 19.1 Å². The van der Waals surface area contributed by atoms with Gasteiger partial charge in [-0.1, -0.05) is 39.8 Å². The first-order valence-corrected chi connectivity index (χ1v) is 9.45. The molecule has 0 aliphatic carbocycles. The quantitative estimate of drug-likeness (QED) is 0.738. The lowest BCUT2D eigenvalue weighted by Crippen LogP contribution is -2.31. The molecule has 2 aromatic rings. The van der Waals surface area contributed by atoms with Crippen LogP contribution in [0.25, 0.3) is 0 Å². The first-order valence-electron chi connectivity index (χ1n) is 9.45. The van der Waals surface area contributed by atoms with E-state index in [1.54, 1.807) is 13.2 Å². The fourth-order valence-corrected chi connectivity index (χ4v) is 2.65. The van der Waals surface area contributed by atoms with Gasteiger partial charge in [0.15, 0.2) is 0 Å². The minimum absolute atomic E-state index is 0.0808. The Morgan fingerprint density at radius 1 is 1.11 bits per heavy atom. The molecule has 2 aromatic carbocycles. The molecule has 0 saturated carbocycles. The van der Waals surface area contributed by atoms with Gasteiger partial charge in [-0.05, 0) is 54.7 Å². The topological polar surface area (TPSA) is 47.6 Å². The molecule has 146 valence electrons. The van der Waals surface area contributed by atoms with E-state index in [9.17, 15) is 4.79 Å². The lowest BCUT2D eigenvalue weighted by atomic mass is 9.87. The van der Waals surface area contributed by atoms with Crippen molar-refractivity contribution in [1.29, 1.82) is 0 Å². The van der Waals surface area contributed by atoms with Crippen molar-refractivity contribution in [1.82, 2.24) is 5.32 Å². The number of rotatable bonds is 7. The summed E-state index contributed by atoms with van der Waals surface area (Å²) in [7, 11) is 1.62. The van der Waals surface area contributed by atoms with Gasteiger partial charge in [0.05, 0.1) is 7.11 Å². The Morgan fingerprint density at radius 2 is 1.78 bits per heavy atom. The van der Waals surface area contributed by atoms with Crippen LogP contribution in [0.3, 0.4) is 0 Å². The summed E-state index contributed by atoms with van der Waals surface area (Å²) in [6.07, 6.45) is 0.891. The van der Waals surface area contributed by atoms with E-state index in [1.165, 1.54) is 5.56 Å². The summed E-state index contributed by atoms with van der Waals surface area (Å²) in [5, 5.41) is 2.98. The second kappa shape index (κ2) is 8.94. The van der Waals surface area contributed by atoms with Crippen LogP contribution in [-0.2, 0) is 12.0 Å². The van der Waals surface area contributed by atoms with Crippen molar-refractivity contribution in [2.75, 3.05) is 7.11 Å². The Morgan fingerprint density at radius 3 is 2.33 bits per heavy atom. The lowest BCUT2D eigenvalue weighted by molar-refractivity contribution is 0.0939. The van der Waals surface area contributed by atoms with Crippen LogP contribution < -0.4 is 14.8 Å². The zero-order valence-corrected chi connectivity index (χ0v) is 17.3. The average molecular weight is 370 g/mol. The standard InChI is InChI=1S/C23H31NO3/c1-7-16(2)24-22(25)17-8-13-21(26-6)18(14-17)15-27-20-11-9-19(10-12-20)23(3,4)5/h8-14,16H,7,15H2,1-6H3,(H,24,25). The molecular weight excluding hydrogens is 338 g/mol. The fourth-order valence-electron chi connectivity index (χ4n) is 2.65. The Kier molecular flexibility index (Phi) is 6.89. The Balaban J connectivity index is 2.12. The molecule has 0 spiro atoms. The van der Waals surface area contributed by atoms with Crippen molar-refractivity contribution in [3.63, 3.8) is 0 Å². The van der Waals surface area contributed by atoms with Crippen LogP contribution in [0.4, 0.5) is 0 Å². The maximum Gasteiger partial charge on any atom is 0.251 e. The summed E-state index contributed by atoms with van der Waals surface area (Å²) in [5.41, 5.74) is 2.82. The molecule has 2 rings (SSSR count). The van der Waals surface area contributed by atoms with Gasteiger partial charge in [-0.3, -0.25) is 4.79 Å². The number of ether oxygens (including phenoxy) is 2. The first kappa shape index (κ1) is 20.8. The second-order valence-electron chi connectivity index (χ2n) is 7.87. The second-order valence-corrected chi connectivity index (χ2v) is 7.87. The summed E-state index contributed by atoms with van der Waals surface area (Å²) < 4.78 is 11.4. The van der Waals surface area contributed by atoms with Crippen LogP contribution in [0.5, 0.6) is 11.5 Å². The van der Waals surface area contributed by atoms with Crippen LogP contribution in [0.15, 0.2) is 42.5 Å². The Hall–Kier alpha value is -2.49. The lowest BCUT2D eigenvalue weighted by Gasteiger charge is -2.19. The number of carbonyl (C=O) groups is 1. The van der Waals surface area contributed by atoms with E-state index in [2.05, 4.69) is 38.2 Å². The van der Waals surface area contributed by atoms with Crippen LogP contribution >= 0.6 is 0 Å². The molecule has 1 amide bonds. The summed E-state index contributed by atoms with van der Waals surface area (Å²) in [5.74, 6) is 1.42. The summed E-state index contributed by atoms with van der Waals surface area (Å²) in [6, 6.07) is 13.7. The molecular formula is C23H31NO3. The molecule has 4 heteroatoms. The van der Waals surface area contributed by atoms with Crippen LogP contribution in [0.1, 0.15) is 62.5 Å². The van der Waals surface area contributed by atoms with E-state index in [4.69, 9.17) is 9.47 Å². The largest absolute Gasteiger partial charge is 0.496 e. The summed E-state index contributed by atoms with van der Waals surface area (Å²) in [4.78, 5) is 12.4. The van der Waals surface area contributed by atoms with Crippen LogP contribution in [0, 0.1) is 0 Å². The zero-order chi connectivity index (χ0) is 20.0. The molecule has 4 nitrogen and oxygen atoms in total. The van der Waals surface area contributed by atoms with E-state index >= 15 is 0 Å². The van der Waals surface area contributed by atoms with Gasteiger partial charge in [-0.25, -0.2) is 0 Å². The first-order chi connectivity index (χ1) is 12.7. The van der Waals surface area contributed by atoms with E-state index in [1.807, 2.05) is 38.1 Å². The predicted molar refractivity (Wildman–Crippen MR) is 110 cm³/mol. The highest BCUT2D eigenvalue weighted by molar-refractivity contribution is 5.94. The molecule has 0 heterocycles. The van der Waals surface area contributed by atoms with Gasteiger partial charge in [-0.15, -0.1) is 0 Å². The molecule has 0 aliphatic rings. The molecule has 0 aromatic heterocycles. The smallest absolute Gasteiger partial charge is 0.251 e. The van der Waals surface area contributed by atoms with Gasteiger partial charge in [0.2, 0.25) is 0 Å². The molecule has 1 N–H and O–H groups in total. The number of hydrogen-bond donors (Lipinski definition) is 1. The van der Waals surface area contributed by atoms with Crippen LogP contribution in [0.2, 0.25) is 0 Å². The van der Waals surface area contributed by atoms with Gasteiger partial charge in [0, 0.05) is 17.2 Å². The summed E-state index contributed by atoms with van der Waals surface area (Å²) >= 11 is 0. The zero-order valence-electron chi connectivity index (χ0n) is 17.3. The minimum Gasteiger partial charge on any atom is -0.496 e. The monoisotopic (exact) mass is 369 g/mol. The highest BCUT2D eigenvalue weighted by atomic mass is 16.5. The van der Waals surface area contributed by atoms with E-state index in [0.29, 0.717) is 17.9 Å². The van der Waals surface area contributed by atoms with Gasteiger partial charge < -0.3 is 14.8 Å². The average Bonchev–Trinajstić information content (AvgIpc) is 2.65. The molecule has 0 aliphatic heterocycles. The van der Waals surface area contributed by atoms with Gasteiger partial charge >= 0.3 is 0 Å². The SMILES string of the molecule is CCC(C)NC(=O)c1ccc(OC)c(COc2ccc(C(C)(C)C)cc2)c1. The van der Waals surface area contributed by atoms with Gasteiger partial charge in [0.1, 0.15) is 18.1 Å². The Bertz CT molecular complexity index is 760. The van der Waals surface area contributed by atoms with E-state index < -0.39 is 0 Å². The van der Waals surface area contributed by atoms with Crippen molar-refractivity contribution >= 4 is 5.91 Å². The molecule has 1 atom stereocenters. The third-order valence-corrected chi connectivity index (χ3v) is 4.65. The highest BCUT2D eigenvalue weighted by Crippen LogP contribution is 2.26. The highest BCUT2D eigenvalue weighted by Gasteiger charge is 2.14. The molecule has 0 saturated heterocycles. The predicted octanol–water partition coefficient (Wildman–Crippen LogP) is 5.10. The maximum atomic E-state index is 12.4. The number of methoxy groups -OCH3 is 1. The van der Waals surface area contributed by atoms with Crippen molar-refractivity contribution in [3.05, 3.63) is 59.2 Å². The maximum absolute atomic E-state index is 12.4. The van der Waals surface area contributed by atoms with Crippen molar-refractivity contribution < 1.29 is 14.3 Å². The number of benzene rings is 2. The number of hydrogen-bond acceptors (Lipinski definition) is 3. The normalized spacial score (nSPS) is 12.4. The summed E-state index contributed by atoms with van der Waals surface area (Å²) in [6.45, 7) is 10.9. The fraction of sp³-hybridized carbons (Fsp3) is 0.435. The molecule has 1 unspecified atom stereocenters. The third-order valence-electron chi connectivity index (χ3n) is 4.65. The number of nitrogens with one attached hydrogen (secondary N) is 1. The van der Waals surface area contributed by atoms with E-state index in [0.717, 1.165) is 17.7 Å². The Labute approximate surface area is 162 Å². The van der Waals surface area contributed by atoms with E-state index in [-0.39, 0.29) is 17.4 Å². The van der Waals surface area contributed by atoms with Crippen molar-refractivity contribution in [2.24, 2.45) is 0 Å². The third kappa shape index (κ3) is 5.75.